The Morgan fingerprint density at radius 1 is 1.23 bits per heavy atom. The van der Waals surface area contributed by atoms with Crippen LogP contribution in [0.3, 0.4) is 0 Å². The van der Waals surface area contributed by atoms with Gasteiger partial charge in [0.25, 0.3) is 5.19 Å². The third kappa shape index (κ3) is 5.80. The van der Waals surface area contributed by atoms with Crippen LogP contribution in [0.1, 0.15) is 46.0 Å². The van der Waals surface area contributed by atoms with Gasteiger partial charge < -0.3 is 24.3 Å². The van der Waals surface area contributed by atoms with Gasteiger partial charge in [-0.15, -0.1) is 0 Å². The molecule has 0 radical (unpaired) electrons. The average Bonchev–Trinajstić information content (AvgIpc) is 3.36. The van der Waals surface area contributed by atoms with Crippen molar-refractivity contribution in [2.24, 2.45) is 0 Å². The minimum atomic E-state index is -0.0279. The zero-order valence-corrected chi connectivity index (χ0v) is 18.3. The molecule has 0 unspecified atom stereocenters. The molecule has 2 aromatic heterocycles. The fourth-order valence-corrected chi connectivity index (χ4v) is 4.69. The molecule has 0 aromatic carbocycles. The van der Waals surface area contributed by atoms with Crippen LogP contribution in [-0.2, 0) is 14.3 Å². The molecule has 0 bridgehead atoms. The molecular weight excluding hydrogens is 406 g/mol. The van der Waals surface area contributed by atoms with Crippen molar-refractivity contribution < 1.29 is 23.7 Å². The van der Waals surface area contributed by atoms with Gasteiger partial charge in [-0.3, -0.25) is 4.79 Å². The Hall–Kier alpha value is -1.97. The topological polar surface area (TPSA) is 91.8 Å². The van der Waals surface area contributed by atoms with E-state index in [9.17, 15) is 4.79 Å². The molecule has 1 N–H and O–H groups in total. The van der Waals surface area contributed by atoms with Gasteiger partial charge in [-0.2, -0.15) is 0 Å². The number of amides is 1. The van der Waals surface area contributed by atoms with Gasteiger partial charge in [-0.25, -0.2) is 9.97 Å². The van der Waals surface area contributed by atoms with Crippen LogP contribution in [0.2, 0.25) is 0 Å². The van der Waals surface area contributed by atoms with Crippen molar-refractivity contribution in [1.29, 1.82) is 0 Å². The number of nitrogens with one attached hydrogen (secondary N) is 1. The summed E-state index contributed by atoms with van der Waals surface area (Å²) in [7, 11) is 0. The van der Waals surface area contributed by atoms with Gasteiger partial charge in [0, 0.05) is 25.5 Å². The number of hydrogen-bond donors (Lipinski definition) is 1. The van der Waals surface area contributed by atoms with Crippen LogP contribution < -0.4 is 14.8 Å². The highest BCUT2D eigenvalue weighted by atomic mass is 32.1. The van der Waals surface area contributed by atoms with Gasteiger partial charge in [0.15, 0.2) is 0 Å². The predicted molar refractivity (Wildman–Crippen MR) is 113 cm³/mol. The fourth-order valence-electron chi connectivity index (χ4n) is 3.81. The van der Waals surface area contributed by atoms with E-state index in [-0.39, 0.29) is 30.3 Å². The molecule has 3 heterocycles. The summed E-state index contributed by atoms with van der Waals surface area (Å²) >= 11 is 1.52. The van der Waals surface area contributed by atoms with E-state index < -0.39 is 0 Å². The molecule has 2 aromatic rings. The van der Waals surface area contributed by atoms with Crippen LogP contribution in [0, 0.1) is 0 Å². The highest BCUT2D eigenvalue weighted by Gasteiger charge is 2.24. The zero-order valence-electron chi connectivity index (χ0n) is 17.5. The van der Waals surface area contributed by atoms with Crippen LogP contribution in [0.15, 0.2) is 12.3 Å². The van der Waals surface area contributed by atoms with Crippen LogP contribution in [0.25, 0.3) is 10.2 Å². The molecule has 0 spiro atoms. The maximum atomic E-state index is 11.1. The Labute approximate surface area is 180 Å². The zero-order chi connectivity index (χ0) is 20.9. The van der Waals surface area contributed by atoms with Crippen LogP contribution in [-0.4, -0.2) is 60.0 Å². The molecule has 1 aliphatic carbocycles. The number of thiazole rings is 1. The molecule has 9 heteroatoms. The van der Waals surface area contributed by atoms with E-state index in [0.717, 1.165) is 48.9 Å². The summed E-state index contributed by atoms with van der Waals surface area (Å²) in [4.78, 5) is 20.0. The normalized spacial score (nSPS) is 25.2. The van der Waals surface area contributed by atoms with Crippen molar-refractivity contribution >= 4 is 27.5 Å². The van der Waals surface area contributed by atoms with Crippen molar-refractivity contribution in [3.63, 3.8) is 0 Å². The number of carbonyl (C=O) groups excluding carboxylic acids is 1. The lowest BCUT2D eigenvalue weighted by Gasteiger charge is -2.29. The van der Waals surface area contributed by atoms with E-state index in [1.54, 1.807) is 6.20 Å². The number of fused-ring (bicyclic) bond motifs is 1. The summed E-state index contributed by atoms with van der Waals surface area (Å²) in [6.45, 7) is 5.39. The molecule has 1 amide bonds. The number of hydrogen-bond acceptors (Lipinski definition) is 8. The van der Waals surface area contributed by atoms with E-state index >= 15 is 0 Å². The Morgan fingerprint density at radius 3 is 2.77 bits per heavy atom. The second kappa shape index (κ2) is 9.89. The summed E-state index contributed by atoms with van der Waals surface area (Å²) in [6, 6.07) is 1.98. The predicted octanol–water partition coefficient (Wildman–Crippen LogP) is 3.09. The number of nitrogens with zero attached hydrogens (tertiary/aromatic N) is 2. The van der Waals surface area contributed by atoms with Gasteiger partial charge in [0.2, 0.25) is 11.8 Å². The molecule has 8 nitrogen and oxygen atoms in total. The molecule has 2 fully saturated rings. The fraction of sp³-hybridized carbons (Fsp3) is 0.667. The first-order valence-corrected chi connectivity index (χ1v) is 11.4. The Morgan fingerprint density at radius 2 is 2.03 bits per heavy atom. The number of pyridine rings is 1. The molecule has 2 aliphatic rings. The molecule has 30 heavy (non-hydrogen) atoms. The van der Waals surface area contributed by atoms with Gasteiger partial charge in [0.05, 0.1) is 36.8 Å². The first-order valence-electron chi connectivity index (χ1n) is 10.6. The van der Waals surface area contributed by atoms with Gasteiger partial charge in [0.1, 0.15) is 17.7 Å². The maximum Gasteiger partial charge on any atom is 0.274 e. The summed E-state index contributed by atoms with van der Waals surface area (Å²) in [5, 5.41) is 3.50. The summed E-state index contributed by atoms with van der Waals surface area (Å²) < 4.78 is 24.3. The molecular formula is C21H29N3O5S. The number of carbonyl (C=O) groups is 1. The minimum Gasteiger partial charge on any atom is -0.474 e. The standard InChI is InChI=1S/C21H29N3O5S/c1-13(23-14(2)25)11-27-15-3-5-16(6-4-15)28-20-9-19-18(10-22-20)24-21(30-19)29-17-7-8-26-12-17/h9-10,13,15-17H,3-8,11-12H2,1-2H3,(H,23,25)/t13-,15?,16?,17-/m0/s1. The smallest absolute Gasteiger partial charge is 0.274 e. The number of ether oxygens (including phenoxy) is 4. The first-order chi connectivity index (χ1) is 14.5. The largest absolute Gasteiger partial charge is 0.474 e. The SMILES string of the molecule is CC(=O)N[C@@H](C)COC1CCC(Oc2cc3sc(O[C@H]4CCOC4)nc3cn2)CC1. The summed E-state index contributed by atoms with van der Waals surface area (Å²) in [5.74, 6) is 0.602. The lowest BCUT2D eigenvalue weighted by Crippen LogP contribution is -2.36. The third-order valence-corrected chi connectivity index (χ3v) is 6.23. The second-order valence-corrected chi connectivity index (χ2v) is 9.02. The van der Waals surface area contributed by atoms with E-state index in [0.29, 0.717) is 24.3 Å². The van der Waals surface area contributed by atoms with Gasteiger partial charge in [-0.1, -0.05) is 11.3 Å². The Balaban J connectivity index is 1.25. The van der Waals surface area contributed by atoms with Crippen LogP contribution in [0.5, 0.6) is 11.1 Å². The summed E-state index contributed by atoms with van der Waals surface area (Å²) in [6.07, 6.45) is 6.85. The van der Waals surface area contributed by atoms with Crippen LogP contribution in [0.4, 0.5) is 0 Å². The molecule has 1 saturated heterocycles. The number of rotatable bonds is 8. The summed E-state index contributed by atoms with van der Waals surface area (Å²) in [5.41, 5.74) is 0.826. The van der Waals surface area contributed by atoms with Crippen LogP contribution >= 0.6 is 11.3 Å². The van der Waals surface area contributed by atoms with Crippen molar-refractivity contribution in [3.8, 4) is 11.1 Å². The van der Waals surface area contributed by atoms with Crippen molar-refractivity contribution in [2.45, 2.75) is 70.3 Å². The lowest BCUT2D eigenvalue weighted by molar-refractivity contribution is -0.120. The van der Waals surface area contributed by atoms with E-state index in [4.69, 9.17) is 18.9 Å². The number of aromatic nitrogens is 2. The Kier molecular flexibility index (Phi) is 7.01. The highest BCUT2D eigenvalue weighted by molar-refractivity contribution is 7.20. The van der Waals surface area contributed by atoms with Crippen molar-refractivity contribution in [2.75, 3.05) is 19.8 Å². The van der Waals surface area contributed by atoms with E-state index in [1.165, 1.54) is 18.3 Å². The lowest BCUT2D eigenvalue weighted by atomic mass is 9.95. The molecule has 2 atom stereocenters. The van der Waals surface area contributed by atoms with E-state index in [1.807, 2.05) is 13.0 Å². The minimum absolute atomic E-state index is 0.0279. The third-order valence-electron chi connectivity index (χ3n) is 5.33. The average molecular weight is 436 g/mol. The monoisotopic (exact) mass is 435 g/mol. The Bertz CT molecular complexity index is 846. The first kappa shape index (κ1) is 21.3. The van der Waals surface area contributed by atoms with Crippen molar-refractivity contribution in [3.05, 3.63) is 12.3 Å². The molecule has 4 rings (SSSR count). The quantitative estimate of drug-likeness (QED) is 0.681. The van der Waals surface area contributed by atoms with Crippen molar-refractivity contribution in [1.82, 2.24) is 15.3 Å². The molecule has 1 aliphatic heterocycles. The second-order valence-electron chi connectivity index (χ2n) is 8.02. The molecule has 1 saturated carbocycles. The van der Waals surface area contributed by atoms with Gasteiger partial charge >= 0.3 is 0 Å². The van der Waals surface area contributed by atoms with E-state index in [2.05, 4.69) is 15.3 Å². The molecule has 164 valence electrons. The highest BCUT2D eigenvalue weighted by Crippen LogP contribution is 2.32. The maximum absolute atomic E-state index is 11.1. The van der Waals surface area contributed by atoms with Gasteiger partial charge in [-0.05, 0) is 32.6 Å².